The van der Waals surface area contributed by atoms with Crippen LogP contribution in [0.1, 0.15) is 20.8 Å². The van der Waals surface area contributed by atoms with Crippen LogP contribution in [0.4, 0.5) is 38.2 Å². The lowest BCUT2D eigenvalue weighted by Gasteiger charge is -2.20. The number of carboxylic acid groups (broad SMARTS) is 1. The Kier molecular flexibility index (Phi) is 8.32. The quantitative estimate of drug-likeness (QED) is 0.340. The van der Waals surface area contributed by atoms with Crippen molar-refractivity contribution in [2.24, 2.45) is 5.92 Å². The van der Waals surface area contributed by atoms with Gasteiger partial charge in [0.05, 0.1) is 10.9 Å². The molecule has 0 saturated carbocycles. The van der Waals surface area contributed by atoms with Crippen LogP contribution in [0, 0.1) is 5.92 Å². The summed E-state index contributed by atoms with van der Waals surface area (Å²) in [5, 5.41) is 13.4. The number of hydrogen-bond acceptors (Lipinski definition) is 8. The Morgan fingerprint density at radius 1 is 0.939 bits per heavy atom. The molecule has 2 heterocycles. The van der Waals surface area contributed by atoms with Crippen LogP contribution in [0.5, 0.6) is 0 Å². The summed E-state index contributed by atoms with van der Waals surface area (Å²) in [4.78, 5) is 26.6. The maximum atomic E-state index is 12.9. The van der Waals surface area contributed by atoms with Crippen molar-refractivity contribution in [2.45, 2.75) is 50.2 Å². The van der Waals surface area contributed by atoms with E-state index in [9.17, 15) is 31.1 Å². The van der Waals surface area contributed by atoms with Crippen molar-refractivity contribution < 1.29 is 36.2 Å². The van der Waals surface area contributed by atoms with Gasteiger partial charge in [-0.3, -0.25) is 4.79 Å². The highest BCUT2D eigenvalue weighted by molar-refractivity contribution is 7.99. The van der Waals surface area contributed by atoms with E-state index >= 15 is 0 Å². The summed E-state index contributed by atoms with van der Waals surface area (Å²) in [6.45, 7) is 3.10. The number of anilines is 2. The molecule has 0 aromatic carbocycles. The highest BCUT2D eigenvalue weighted by atomic mass is 32.2. The molecule has 0 aliphatic heterocycles. The third-order valence-corrected chi connectivity index (χ3v) is 5.35. The lowest BCUT2D eigenvalue weighted by Crippen LogP contribution is -2.35. The minimum atomic E-state index is -4.66. The fourth-order valence-electron chi connectivity index (χ4n) is 2.07. The van der Waals surface area contributed by atoms with Gasteiger partial charge in [-0.25, -0.2) is 4.98 Å². The molecule has 8 nitrogen and oxygen atoms in total. The first-order chi connectivity index (χ1) is 15.2. The number of carbonyl (C=O) groups is 1. The molecule has 3 N–H and O–H groups in total. The minimum Gasteiger partial charge on any atom is -0.481 e. The zero-order valence-electron chi connectivity index (χ0n) is 17.5. The summed E-state index contributed by atoms with van der Waals surface area (Å²) in [5.74, 6) is -2.94. The third-order valence-electron chi connectivity index (χ3n) is 4.16. The molecular weight excluding hydrogens is 478 g/mol. The standard InChI is InChI=1S/C18H20F6N6O2S/c1-8(14(31)32)7-33-12-6-4-5-11(27-12)13-28-15(25-9(2)17(19,20)21)30-16(29-13)26-10(3)18(22,23)24/h4-6,8-10H,7H2,1-3H3,(H,31,32)(H2,25,26,28,29,30)/t8-,9-,10-/m1/s1. The Morgan fingerprint density at radius 3 is 1.91 bits per heavy atom. The lowest BCUT2D eigenvalue weighted by molar-refractivity contribution is -0.140. The number of aromatic nitrogens is 4. The summed E-state index contributed by atoms with van der Waals surface area (Å²) in [6, 6.07) is 0.325. The fourth-order valence-corrected chi connectivity index (χ4v) is 2.97. The zero-order chi connectivity index (χ0) is 25.0. The largest absolute Gasteiger partial charge is 0.481 e. The van der Waals surface area contributed by atoms with Gasteiger partial charge in [-0.1, -0.05) is 13.0 Å². The lowest BCUT2D eigenvalue weighted by atomic mass is 10.2. The van der Waals surface area contributed by atoms with Crippen LogP contribution >= 0.6 is 11.8 Å². The summed E-state index contributed by atoms with van der Waals surface area (Å²) >= 11 is 1.11. The minimum absolute atomic E-state index is 0.0517. The van der Waals surface area contributed by atoms with Crippen LogP contribution < -0.4 is 10.6 Å². The van der Waals surface area contributed by atoms with Crippen molar-refractivity contribution in [3.05, 3.63) is 18.2 Å². The summed E-state index contributed by atoms with van der Waals surface area (Å²) < 4.78 is 77.6. The van der Waals surface area contributed by atoms with E-state index in [2.05, 4.69) is 19.9 Å². The molecule has 0 unspecified atom stereocenters. The molecule has 0 radical (unpaired) electrons. The van der Waals surface area contributed by atoms with Crippen molar-refractivity contribution in [1.29, 1.82) is 0 Å². The summed E-state index contributed by atoms with van der Waals surface area (Å²) in [7, 11) is 0. The van der Waals surface area contributed by atoms with Gasteiger partial charge >= 0.3 is 18.3 Å². The van der Waals surface area contributed by atoms with Gasteiger partial charge in [-0.05, 0) is 26.0 Å². The second kappa shape index (κ2) is 10.4. The molecule has 2 aromatic rings. The zero-order valence-corrected chi connectivity index (χ0v) is 18.3. The van der Waals surface area contributed by atoms with E-state index in [1.54, 1.807) is 6.07 Å². The van der Waals surface area contributed by atoms with E-state index in [-0.39, 0.29) is 17.3 Å². The van der Waals surface area contributed by atoms with E-state index < -0.39 is 48.2 Å². The van der Waals surface area contributed by atoms with Crippen LogP contribution in [0.3, 0.4) is 0 Å². The number of nitrogens with zero attached hydrogens (tertiary/aromatic N) is 4. The molecule has 0 spiro atoms. The molecule has 2 aromatic heterocycles. The topological polar surface area (TPSA) is 113 Å². The average Bonchev–Trinajstić information content (AvgIpc) is 2.70. The number of carboxylic acids is 1. The predicted octanol–water partition coefficient (Wildman–Crippen LogP) is 4.47. The van der Waals surface area contributed by atoms with Crippen molar-refractivity contribution in [3.63, 3.8) is 0 Å². The Balaban J connectivity index is 2.40. The number of rotatable bonds is 9. The van der Waals surface area contributed by atoms with Crippen LogP contribution in [0.2, 0.25) is 0 Å². The van der Waals surface area contributed by atoms with E-state index in [1.807, 2.05) is 10.6 Å². The molecule has 15 heteroatoms. The SMILES string of the molecule is C[C@H](CSc1cccc(-c2nc(N[C@H](C)C(F)(F)F)nc(N[C@H](C)C(F)(F)F)n2)n1)C(=O)O. The van der Waals surface area contributed by atoms with Gasteiger partial charge in [0.25, 0.3) is 0 Å². The number of hydrogen-bond donors (Lipinski definition) is 3. The second-order valence-electron chi connectivity index (χ2n) is 7.03. The van der Waals surface area contributed by atoms with Gasteiger partial charge < -0.3 is 15.7 Å². The van der Waals surface area contributed by atoms with E-state index in [0.29, 0.717) is 5.03 Å². The van der Waals surface area contributed by atoms with E-state index in [4.69, 9.17) is 5.11 Å². The van der Waals surface area contributed by atoms with Gasteiger partial charge in [0, 0.05) is 5.75 Å². The third kappa shape index (κ3) is 7.91. The number of thioether (sulfide) groups is 1. The molecule has 0 fully saturated rings. The molecule has 0 aliphatic rings. The van der Waals surface area contributed by atoms with Crippen molar-refractivity contribution in [2.75, 3.05) is 16.4 Å². The van der Waals surface area contributed by atoms with Gasteiger partial charge in [0.2, 0.25) is 11.9 Å². The number of alkyl halides is 6. The van der Waals surface area contributed by atoms with Crippen LogP contribution in [0.15, 0.2) is 23.2 Å². The van der Waals surface area contributed by atoms with Gasteiger partial charge in [0.1, 0.15) is 17.8 Å². The van der Waals surface area contributed by atoms with E-state index in [1.165, 1.54) is 19.1 Å². The Bertz CT molecular complexity index is 934. The van der Waals surface area contributed by atoms with Crippen LogP contribution in [-0.2, 0) is 4.79 Å². The molecule has 182 valence electrons. The van der Waals surface area contributed by atoms with Gasteiger partial charge in [-0.15, -0.1) is 11.8 Å². The normalized spacial score (nSPS) is 14.9. The summed E-state index contributed by atoms with van der Waals surface area (Å²) in [6.07, 6.45) is -9.31. The highest BCUT2D eigenvalue weighted by Gasteiger charge is 2.38. The molecule has 0 bridgehead atoms. The van der Waals surface area contributed by atoms with Crippen molar-refractivity contribution >= 4 is 29.6 Å². The Morgan fingerprint density at radius 2 is 1.45 bits per heavy atom. The van der Waals surface area contributed by atoms with Crippen LogP contribution in [0.25, 0.3) is 11.5 Å². The first-order valence-electron chi connectivity index (χ1n) is 9.42. The monoisotopic (exact) mass is 498 g/mol. The van der Waals surface area contributed by atoms with Crippen LogP contribution in [-0.4, -0.2) is 61.2 Å². The molecule has 3 atom stereocenters. The first kappa shape index (κ1) is 26.4. The number of halogens is 6. The maximum absolute atomic E-state index is 12.9. The predicted molar refractivity (Wildman–Crippen MR) is 109 cm³/mol. The fraction of sp³-hybridized carbons (Fsp3) is 0.500. The molecule has 33 heavy (non-hydrogen) atoms. The highest BCUT2D eigenvalue weighted by Crippen LogP contribution is 2.27. The molecular formula is C18H20F6N6O2S. The molecule has 0 saturated heterocycles. The smallest absolute Gasteiger partial charge is 0.408 e. The van der Waals surface area contributed by atoms with Crippen molar-refractivity contribution in [1.82, 2.24) is 19.9 Å². The molecule has 0 amide bonds. The Hall–Kier alpha value is -2.84. The number of aliphatic carboxylic acids is 1. The second-order valence-corrected chi connectivity index (χ2v) is 8.07. The molecule has 0 aliphatic carbocycles. The number of nitrogens with one attached hydrogen (secondary N) is 2. The summed E-state index contributed by atoms with van der Waals surface area (Å²) in [5.41, 5.74) is 0.0517. The maximum Gasteiger partial charge on any atom is 0.408 e. The van der Waals surface area contributed by atoms with Gasteiger partial charge in [0.15, 0.2) is 5.82 Å². The molecule has 2 rings (SSSR count). The van der Waals surface area contributed by atoms with E-state index in [0.717, 1.165) is 25.6 Å². The Labute approximate surface area is 188 Å². The first-order valence-corrected chi connectivity index (χ1v) is 10.4. The average molecular weight is 498 g/mol. The number of pyridine rings is 1. The van der Waals surface area contributed by atoms with Gasteiger partial charge in [-0.2, -0.15) is 41.3 Å². The van der Waals surface area contributed by atoms with Crippen molar-refractivity contribution in [3.8, 4) is 11.5 Å².